The predicted molar refractivity (Wildman–Crippen MR) is 122 cm³/mol. The van der Waals surface area contributed by atoms with Crippen LogP contribution in [0.5, 0.6) is 5.75 Å². The van der Waals surface area contributed by atoms with E-state index in [4.69, 9.17) is 32.7 Å². The Morgan fingerprint density at radius 3 is 2.07 bits per heavy atom. The Morgan fingerprint density at radius 2 is 1.47 bits per heavy atom. The molecule has 0 unspecified atom stereocenters. The van der Waals surface area contributed by atoms with Gasteiger partial charge in [0.2, 0.25) is 0 Å². The molecule has 156 valence electrons. The van der Waals surface area contributed by atoms with Crippen molar-refractivity contribution in [3.8, 4) is 5.75 Å². The molecule has 0 aliphatic rings. The van der Waals surface area contributed by atoms with Crippen LogP contribution in [0, 0.1) is 0 Å². The number of nitrogens with zero attached hydrogens (tertiary/aromatic N) is 1. The zero-order valence-electron chi connectivity index (χ0n) is 16.7. The van der Waals surface area contributed by atoms with Gasteiger partial charge < -0.3 is 14.4 Å². The smallest absolute Gasteiger partial charge is 0.337 e. The van der Waals surface area contributed by atoms with E-state index in [-0.39, 0.29) is 5.97 Å². The Hall–Kier alpha value is -2.69. The lowest BCUT2D eigenvalue weighted by Gasteiger charge is -2.25. The summed E-state index contributed by atoms with van der Waals surface area (Å²) < 4.78 is 10.5. The highest BCUT2D eigenvalue weighted by Gasteiger charge is 2.09. The number of esters is 1. The van der Waals surface area contributed by atoms with Gasteiger partial charge in [-0.25, -0.2) is 4.79 Å². The van der Waals surface area contributed by atoms with Gasteiger partial charge in [0.25, 0.3) is 0 Å². The van der Waals surface area contributed by atoms with Crippen LogP contribution in [0.4, 0.5) is 5.69 Å². The number of methoxy groups -OCH3 is 1. The highest BCUT2D eigenvalue weighted by Crippen LogP contribution is 2.21. The van der Waals surface area contributed by atoms with E-state index in [0.717, 1.165) is 36.0 Å². The Bertz CT molecular complexity index is 942. The molecule has 30 heavy (non-hydrogen) atoms. The topological polar surface area (TPSA) is 38.8 Å². The molecule has 0 saturated heterocycles. The molecule has 0 radical (unpaired) electrons. The van der Waals surface area contributed by atoms with Crippen molar-refractivity contribution in [1.82, 2.24) is 0 Å². The van der Waals surface area contributed by atoms with Gasteiger partial charge in [-0.15, -0.1) is 0 Å². The molecule has 4 nitrogen and oxygen atoms in total. The second-order valence-electron chi connectivity index (χ2n) is 6.74. The minimum absolute atomic E-state index is 0.359. The molecule has 3 aromatic rings. The summed E-state index contributed by atoms with van der Waals surface area (Å²) in [5.74, 6) is 0.362. The van der Waals surface area contributed by atoms with Gasteiger partial charge in [-0.3, -0.25) is 0 Å². The van der Waals surface area contributed by atoms with Crippen molar-refractivity contribution in [3.63, 3.8) is 0 Å². The highest BCUT2D eigenvalue weighted by molar-refractivity contribution is 6.30. The van der Waals surface area contributed by atoms with Gasteiger partial charge in [-0.1, -0.05) is 35.3 Å². The third-order valence-corrected chi connectivity index (χ3v) is 5.10. The van der Waals surface area contributed by atoms with Crippen LogP contribution in [0.15, 0.2) is 72.8 Å². The highest BCUT2D eigenvalue weighted by atomic mass is 35.5. The first-order valence-corrected chi connectivity index (χ1v) is 10.4. The molecule has 6 heteroatoms. The van der Waals surface area contributed by atoms with E-state index in [2.05, 4.69) is 4.90 Å². The van der Waals surface area contributed by atoms with Crippen LogP contribution >= 0.6 is 23.2 Å². The van der Waals surface area contributed by atoms with Crippen LogP contribution in [0.3, 0.4) is 0 Å². The van der Waals surface area contributed by atoms with Crippen molar-refractivity contribution in [3.05, 3.63) is 94.0 Å². The molecule has 0 amide bonds. The van der Waals surface area contributed by atoms with Crippen molar-refractivity contribution in [2.45, 2.75) is 13.0 Å². The lowest BCUT2D eigenvalue weighted by Crippen LogP contribution is -2.25. The first kappa shape index (κ1) is 22.0. The van der Waals surface area contributed by atoms with Gasteiger partial charge in [-0.2, -0.15) is 0 Å². The van der Waals surface area contributed by atoms with Crippen LogP contribution in [0.2, 0.25) is 10.0 Å². The average molecular weight is 444 g/mol. The molecule has 0 bridgehead atoms. The van der Waals surface area contributed by atoms with Crippen LogP contribution in [0.1, 0.15) is 22.3 Å². The molecule has 0 aliphatic carbocycles. The van der Waals surface area contributed by atoms with Crippen molar-refractivity contribution < 1.29 is 14.3 Å². The maximum atomic E-state index is 11.5. The Morgan fingerprint density at radius 1 is 0.867 bits per heavy atom. The monoisotopic (exact) mass is 443 g/mol. The van der Waals surface area contributed by atoms with Crippen LogP contribution in [0.25, 0.3) is 0 Å². The molecule has 0 atom stereocenters. The molecule has 0 saturated carbocycles. The number of ether oxygens (including phenoxy) is 2. The van der Waals surface area contributed by atoms with Crippen molar-refractivity contribution >= 4 is 34.9 Å². The normalized spacial score (nSPS) is 10.5. The zero-order valence-corrected chi connectivity index (χ0v) is 18.2. The third kappa shape index (κ3) is 6.41. The number of anilines is 1. The summed E-state index contributed by atoms with van der Waals surface area (Å²) in [7, 11) is 1.36. The molecule has 0 N–H and O–H groups in total. The molecule has 0 fully saturated rings. The minimum Gasteiger partial charge on any atom is -0.494 e. The van der Waals surface area contributed by atoms with Gasteiger partial charge >= 0.3 is 5.97 Å². The second-order valence-corrected chi connectivity index (χ2v) is 7.62. The fraction of sp³-hybridized carbons (Fsp3) is 0.208. The van der Waals surface area contributed by atoms with E-state index in [1.54, 1.807) is 24.3 Å². The molecule has 0 aromatic heterocycles. The summed E-state index contributed by atoms with van der Waals surface area (Å²) in [5, 5.41) is 1.44. The number of rotatable bonds is 9. The molecule has 0 spiro atoms. The SMILES string of the molecule is COC(=O)c1ccc(OCCCN(Cc2ccc(Cl)cc2)c2ccc(Cl)cc2)cc1. The molecular formula is C24H23Cl2NO3. The molecule has 3 rings (SSSR count). The van der Waals surface area contributed by atoms with E-state index in [9.17, 15) is 4.79 Å². The van der Waals surface area contributed by atoms with E-state index in [0.29, 0.717) is 17.2 Å². The lowest BCUT2D eigenvalue weighted by atomic mass is 10.2. The largest absolute Gasteiger partial charge is 0.494 e. The van der Waals surface area contributed by atoms with Gasteiger partial charge in [0, 0.05) is 28.8 Å². The van der Waals surface area contributed by atoms with E-state index in [1.807, 2.05) is 48.5 Å². The molecule has 0 aliphatic heterocycles. The van der Waals surface area contributed by atoms with E-state index >= 15 is 0 Å². The van der Waals surface area contributed by atoms with Gasteiger partial charge in [-0.05, 0) is 72.6 Å². The fourth-order valence-electron chi connectivity index (χ4n) is 3.01. The number of carbonyl (C=O) groups excluding carboxylic acids is 1. The van der Waals surface area contributed by atoms with Gasteiger partial charge in [0.15, 0.2) is 0 Å². The predicted octanol–water partition coefficient (Wildman–Crippen LogP) is 6.26. The second kappa shape index (κ2) is 10.9. The molecule has 3 aromatic carbocycles. The quantitative estimate of drug-likeness (QED) is 0.289. The van der Waals surface area contributed by atoms with Crippen LogP contribution in [-0.2, 0) is 11.3 Å². The summed E-state index contributed by atoms with van der Waals surface area (Å²) in [5.41, 5.74) is 2.77. The summed E-state index contributed by atoms with van der Waals surface area (Å²) in [4.78, 5) is 13.8. The maximum absolute atomic E-state index is 11.5. The molecule has 0 heterocycles. The average Bonchev–Trinajstić information content (AvgIpc) is 2.77. The standard InChI is InChI=1S/C24H23Cl2NO3/c1-29-24(28)19-5-13-23(14-6-19)30-16-2-15-27(22-11-9-21(26)10-12-22)17-18-3-7-20(25)8-4-18/h3-14H,2,15-17H2,1H3. The van der Waals surface area contributed by atoms with Crippen LogP contribution < -0.4 is 9.64 Å². The number of hydrogen-bond acceptors (Lipinski definition) is 4. The summed E-state index contributed by atoms with van der Waals surface area (Å²) in [6.45, 7) is 2.12. The number of benzene rings is 3. The number of hydrogen-bond donors (Lipinski definition) is 0. The first-order chi connectivity index (χ1) is 14.5. The van der Waals surface area contributed by atoms with E-state index < -0.39 is 0 Å². The van der Waals surface area contributed by atoms with Crippen molar-refractivity contribution in [2.75, 3.05) is 25.2 Å². The lowest BCUT2D eigenvalue weighted by molar-refractivity contribution is 0.0600. The summed E-state index contributed by atoms with van der Waals surface area (Å²) in [6, 6.07) is 22.6. The first-order valence-electron chi connectivity index (χ1n) is 9.61. The Balaban J connectivity index is 1.58. The number of carbonyl (C=O) groups is 1. The number of halogens is 2. The Kier molecular flexibility index (Phi) is 8.00. The van der Waals surface area contributed by atoms with Gasteiger partial charge in [0.1, 0.15) is 5.75 Å². The third-order valence-electron chi connectivity index (χ3n) is 4.59. The molecular weight excluding hydrogens is 421 g/mol. The summed E-state index contributed by atoms with van der Waals surface area (Å²) in [6.07, 6.45) is 0.828. The van der Waals surface area contributed by atoms with Crippen molar-refractivity contribution in [2.24, 2.45) is 0 Å². The van der Waals surface area contributed by atoms with Crippen molar-refractivity contribution in [1.29, 1.82) is 0 Å². The summed E-state index contributed by atoms with van der Waals surface area (Å²) >= 11 is 12.1. The van der Waals surface area contributed by atoms with Gasteiger partial charge in [0.05, 0.1) is 19.3 Å². The minimum atomic E-state index is -0.359. The zero-order chi connectivity index (χ0) is 21.3. The maximum Gasteiger partial charge on any atom is 0.337 e. The Labute approximate surface area is 186 Å². The van der Waals surface area contributed by atoms with Crippen LogP contribution in [-0.4, -0.2) is 26.2 Å². The fourth-order valence-corrected chi connectivity index (χ4v) is 3.26. The van der Waals surface area contributed by atoms with E-state index in [1.165, 1.54) is 12.7 Å².